The average molecular weight is 232 g/mol. The monoisotopic (exact) mass is 232 g/mol. The van der Waals surface area contributed by atoms with Crippen molar-refractivity contribution in [3.8, 4) is 0 Å². The van der Waals surface area contributed by atoms with Crippen LogP contribution in [-0.2, 0) is 11.2 Å². The third-order valence-electron chi connectivity index (χ3n) is 2.55. The highest BCUT2D eigenvalue weighted by Crippen LogP contribution is 2.22. The summed E-state index contributed by atoms with van der Waals surface area (Å²) in [4.78, 5) is 14.3. The lowest BCUT2D eigenvalue weighted by Crippen LogP contribution is -1.99. The third kappa shape index (κ3) is 2.39. The minimum atomic E-state index is -0.470. The van der Waals surface area contributed by atoms with Crippen LogP contribution in [0.1, 0.15) is 5.56 Å². The van der Waals surface area contributed by atoms with E-state index in [0.29, 0.717) is 18.5 Å². The number of methoxy groups -OCH3 is 1. The first kappa shape index (κ1) is 11.5. The molecule has 0 N–H and O–H groups in total. The molecule has 0 saturated carbocycles. The number of pyridine rings is 1. The van der Waals surface area contributed by atoms with E-state index in [2.05, 4.69) is 4.98 Å². The summed E-state index contributed by atoms with van der Waals surface area (Å²) < 4.78 is 5.00. The fourth-order valence-corrected chi connectivity index (χ4v) is 1.74. The van der Waals surface area contributed by atoms with Crippen molar-refractivity contribution < 1.29 is 9.66 Å². The molecule has 0 aliphatic heterocycles. The molecule has 5 heteroatoms. The Morgan fingerprint density at radius 1 is 1.41 bits per heavy atom. The lowest BCUT2D eigenvalue weighted by Gasteiger charge is -2.04. The lowest BCUT2D eigenvalue weighted by molar-refractivity contribution is -0.389. The first-order chi connectivity index (χ1) is 8.22. The van der Waals surface area contributed by atoms with Gasteiger partial charge in [0.1, 0.15) is 0 Å². The molecule has 88 valence electrons. The van der Waals surface area contributed by atoms with Crippen LogP contribution in [0.15, 0.2) is 30.3 Å². The Morgan fingerprint density at radius 2 is 2.18 bits per heavy atom. The lowest BCUT2D eigenvalue weighted by atomic mass is 10.1. The maximum Gasteiger partial charge on any atom is 0.364 e. The van der Waals surface area contributed by atoms with Gasteiger partial charge >= 0.3 is 5.82 Å². The Bertz CT molecular complexity index is 554. The molecule has 0 aliphatic carbocycles. The van der Waals surface area contributed by atoms with Gasteiger partial charge in [-0.3, -0.25) is 0 Å². The minimum Gasteiger partial charge on any atom is -0.384 e. The quantitative estimate of drug-likeness (QED) is 0.599. The summed E-state index contributed by atoms with van der Waals surface area (Å²) in [5.74, 6) is -0.116. The molecular formula is C12H12N2O3. The maximum absolute atomic E-state index is 10.8. The van der Waals surface area contributed by atoms with Crippen molar-refractivity contribution in [1.82, 2.24) is 4.98 Å². The number of nitro groups is 1. The fourth-order valence-electron chi connectivity index (χ4n) is 1.74. The maximum atomic E-state index is 10.8. The van der Waals surface area contributed by atoms with Gasteiger partial charge in [0.05, 0.1) is 6.61 Å². The normalized spacial score (nSPS) is 10.6. The summed E-state index contributed by atoms with van der Waals surface area (Å²) in [7, 11) is 1.61. The molecule has 0 radical (unpaired) electrons. The Balaban J connectivity index is 2.56. The SMILES string of the molecule is COCCc1cc([N+](=O)[O-])nc2ccccc12. The predicted molar refractivity (Wildman–Crippen MR) is 64.0 cm³/mol. The van der Waals surface area contributed by atoms with Crippen molar-refractivity contribution in [3.63, 3.8) is 0 Å². The molecule has 2 aromatic rings. The van der Waals surface area contributed by atoms with E-state index in [1.165, 1.54) is 6.07 Å². The van der Waals surface area contributed by atoms with Crippen LogP contribution in [0.4, 0.5) is 5.82 Å². The van der Waals surface area contributed by atoms with E-state index in [1.54, 1.807) is 13.2 Å². The van der Waals surface area contributed by atoms with E-state index >= 15 is 0 Å². The molecule has 17 heavy (non-hydrogen) atoms. The molecular weight excluding hydrogens is 220 g/mol. The van der Waals surface area contributed by atoms with E-state index in [1.807, 2.05) is 18.2 Å². The van der Waals surface area contributed by atoms with Gasteiger partial charge in [-0.15, -0.1) is 0 Å². The summed E-state index contributed by atoms with van der Waals surface area (Å²) >= 11 is 0. The zero-order valence-corrected chi connectivity index (χ0v) is 9.42. The van der Waals surface area contributed by atoms with Gasteiger partial charge in [-0.2, -0.15) is 0 Å². The number of aromatic nitrogens is 1. The Morgan fingerprint density at radius 3 is 2.88 bits per heavy atom. The highest BCUT2D eigenvalue weighted by Gasteiger charge is 2.13. The molecule has 1 aromatic heterocycles. The number of ether oxygens (including phenoxy) is 1. The van der Waals surface area contributed by atoms with Crippen LogP contribution in [0, 0.1) is 10.1 Å². The van der Waals surface area contributed by atoms with E-state index in [0.717, 1.165) is 10.9 Å². The highest BCUT2D eigenvalue weighted by molar-refractivity contribution is 5.83. The molecule has 0 amide bonds. The number of hydrogen-bond acceptors (Lipinski definition) is 4. The van der Waals surface area contributed by atoms with E-state index in [4.69, 9.17) is 4.74 Å². The predicted octanol–water partition coefficient (Wildman–Crippen LogP) is 2.33. The van der Waals surface area contributed by atoms with Crippen LogP contribution < -0.4 is 0 Å². The Hall–Kier alpha value is -2.01. The first-order valence-corrected chi connectivity index (χ1v) is 5.24. The van der Waals surface area contributed by atoms with Crippen molar-refractivity contribution in [2.24, 2.45) is 0 Å². The summed E-state index contributed by atoms with van der Waals surface area (Å²) in [5, 5.41) is 11.7. The van der Waals surface area contributed by atoms with E-state index < -0.39 is 4.92 Å². The second-order valence-electron chi connectivity index (χ2n) is 3.66. The second-order valence-corrected chi connectivity index (χ2v) is 3.66. The van der Waals surface area contributed by atoms with Crippen molar-refractivity contribution >= 4 is 16.7 Å². The van der Waals surface area contributed by atoms with Gasteiger partial charge in [0.2, 0.25) is 0 Å². The molecule has 0 spiro atoms. The van der Waals surface area contributed by atoms with Gasteiger partial charge in [0.15, 0.2) is 5.52 Å². The van der Waals surface area contributed by atoms with Gasteiger partial charge in [-0.1, -0.05) is 18.2 Å². The number of fused-ring (bicyclic) bond motifs is 1. The molecule has 1 aromatic carbocycles. The van der Waals surface area contributed by atoms with Crippen LogP contribution >= 0.6 is 0 Å². The number of rotatable bonds is 4. The zero-order chi connectivity index (χ0) is 12.3. The van der Waals surface area contributed by atoms with Gasteiger partial charge in [0, 0.05) is 18.6 Å². The molecule has 5 nitrogen and oxygen atoms in total. The summed E-state index contributed by atoms with van der Waals surface area (Å²) in [6.45, 7) is 0.533. The van der Waals surface area contributed by atoms with E-state index in [-0.39, 0.29) is 5.82 Å². The molecule has 2 rings (SSSR count). The van der Waals surface area contributed by atoms with Crippen molar-refractivity contribution in [2.75, 3.05) is 13.7 Å². The second kappa shape index (κ2) is 4.88. The van der Waals surface area contributed by atoms with Crippen LogP contribution in [0.3, 0.4) is 0 Å². The molecule has 1 heterocycles. The summed E-state index contributed by atoms with van der Waals surface area (Å²) in [5.41, 5.74) is 1.54. The summed E-state index contributed by atoms with van der Waals surface area (Å²) in [6.07, 6.45) is 0.639. The average Bonchev–Trinajstić information content (AvgIpc) is 2.35. The number of para-hydroxylation sites is 1. The van der Waals surface area contributed by atoms with Gasteiger partial charge in [-0.05, 0) is 28.0 Å². The van der Waals surface area contributed by atoms with Crippen molar-refractivity contribution in [1.29, 1.82) is 0 Å². The fraction of sp³-hybridized carbons (Fsp3) is 0.250. The molecule has 0 bridgehead atoms. The Kier molecular flexibility index (Phi) is 3.30. The smallest absolute Gasteiger partial charge is 0.364 e. The molecule has 0 atom stereocenters. The van der Waals surface area contributed by atoms with Crippen LogP contribution in [0.2, 0.25) is 0 Å². The Labute approximate surface area is 98.2 Å². The van der Waals surface area contributed by atoms with Crippen LogP contribution in [0.25, 0.3) is 10.9 Å². The first-order valence-electron chi connectivity index (χ1n) is 5.24. The number of hydrogen-bond donors (Lipinski definition) is 0. The van der Waals surface area contributed by atoms with Crippen LogP contribution in [-0.4, -0.2) is 23.6 Å². The molecule has 0 fully saturated rings. The van der Waals surface area contributed by atoms with Gasteiger partial charge in [-0.25, -0.2) is 0 Å². The topological polar surface area (TPSA) is 65.3 Å². The zero-order valence-electron chi connectivity index (χ0n) is 9.42. The highest BCUT2D eigenvalue weighted by atomic mass is 16.6. The molecule has 0 unspecified atom stereocenters. The number of benzene rings is 1. The largest absolute Gasteiger partial charge is 0.384 e. The molecule has 0 saturated heterocycles. The summed E-state index contributed by atoms with van der Waals surface area (Å²) in [6, 6.07) is 8.92. The third-order valence-corrected chi connectivity index (χ3v) is 2.55. The van der Waals surface area contributed by atoms with Crippen molar-refractivity contribution in [2.45, 2.75) is 6.42 Å². The number of nitrogens with zero attached hydrogens (tertiary/aromatic N) is 2. The standard InChI is InChI=1S/C12H12N2O3/c1-17-7-6-9-8-12(14(15)16)13-11-5-3-2-4-10(9)11/h2-5,8H,6-7H2,1H3. The van der Waals surface area contributed by atoms with Gasteiger partial charge < -0.3 is 14.9 Å². The van der Waals surface area contributed by atoms with E-state index in [9.17, 15) is 10.1 Å². The molecule has 0 aliphatic rings. The minimum absolute atomic E-state index is 0.116. The van der Waals surface area contributed by atoms with Gasteiger partial charge in [0.25, 0.3) is 0 Å². The van der Waals surface area contributed by atoms with Crippen LogP contribution in [0.5, 0.6) is 0 Å². The van der Waals surface area contributed by atoms with Crippen molar-refractivity contribution in [3.05, 3.63) is 46.0 Å².